The Balaban J connectivity index is 1.59. The first-order valence-corrected chi connectivity index (χ1v) is 11.9. The second kappa shape index (κ2) is 10.6. The lowest BCUT2D eigenvalue weighted by molar-refractivity contribution is 0.0706. The molecule has 1 amide bonds. The first-order chi connectivity index (χ1) is 15.2. The molecule has 0 radical (unpaired) electrons. The van der Waals surface area contributed by atoms with E-state index in [0.29, 0.717) is 32.7 Å². The number of nitrogens with one attached hydrogen (secondary N) is 2. The molecule has 0 saturated carbocycles. The molecule has 0 bridgehead atoms. The Labute approximate surface area is 186 Å². The van der Waals surface area contributed by atoms with Gasteiger partial charge in [0.25, 0.3) is 5.91 Å². The molecule has 172 valence electrons. The van der Waals surface area contributed by atoms with Gasteiger partial charge in [-0.2, -0.15) is 0 Å². The van der Waals surface area contributed by atoms with E-state index in [0.717, 1.165) is 17.6 Å². The monoisotopic (exact) mass is 463 g/mol. The minimum atomic E-state index is -3.41. The number of hydrogen-bond acceptors (Lipinski definition) is 7. The van der Waals surface area contributed by atoms with Gasteiger partial charge in [0, 0.05) is 38.9 Å². The predicted molar refractivity (Wildman–Crippen MR) is 119 cm³/mol. The molecule has 9 nitrogen and oxygen atoms in total. The summed E-state index contributed by atoms with van der Waals surface area (Å²) in [6.45, 7) is 3.26. The van der Waals surface area contributed by atoms with Crippen LogP contribution in [0.1, 0.15) is 15.9 Å². The third-order valence-corrected chi connectivity index (χ3v) is 5.75. The fraction of sp³-hybridized carbons (Fsp3) is 0.333. The van der Waals surface area contributed by atoms with Crippen LogP contribution in [0.25, 0.3) is 6.08 Å². The summed E-state index contributed by atoms with van der Waals surface area (Å²) in [6.07, 6.45) is 6.06. The van der Waals surface area contributed by atoms with E-state index in [-0.39, 0.29) is 11.4 Å². The summed E-state index contributed by atoms with van der Waals surface area (Å²) in [4.78, 5) is 19.9. The van der Waals surface area contributed by atoms with Gasteiger partial charge in [-0.15, -0.1) is 0 Å². The maximum atomic E-state index is 13.1. The maximum absolute atomic E-state index is 13.1. The van der Waals surface area contributed by atoms with Crippen molar-refractivity contribution in [2.24, 2.45) is 0 Å². The molecule has 1 unspecified atom stereocenters. The first kappa shape index (κ1) is 23.8. The highest BCUT2D eigenvalue weighted by molar-refractivity contribution is 7.88. The Hall–Kier alpha value is -2.86. The van der Waals surface area contributed by atoms with Crippen LogP contribution in [0.3, 0.4) is 0 Å². The van der Waals surface area contributed by atoms with E-state index in [1.165, 1.54) is 18.3 Å². The minimum Gasteiger partial charge on any atom is -0.354 e. The fourth-order valence-electron chi connectivity index (χ4n) is 3.42. The zero-order valence-electron chi connectivity index (χ0n) is 17.6. The lowest BCUT2D eigenvalue weighted by Gasteiger charge is -2.36. The van der Waals surface area contributed by atoms with Crippen LogP contribution in [-0.4, -0.2) is 74.4 Å². The van der Waals surface area contributed by atoms with Crippen LogP contribution in [-0.2, 0) is 10.0 Å². The van der Waals surface area contributed by atoms with Crippen LogP contribution in [0.15, 0.2) is 48.7 Å². The molecule has 3 N–H and O–H groups in total. The van der Waals surface area contributed by atoms with E-state index in [2.05, 4.69) is 19.5 Å². The molecule has 11 heteroatoms. The molecule has 1 atom stereocenters. The van der Waals surface area contributed by atoms with Crippen LogP contribution in [0.2, 0.25) is 0 Å². The molecular formula is C21H26FN5O4S. The van der Waals surface area contributed by atoms with Gasteiger partial charge < -0.3 is 4.90 Å². The summed E-state index contributed by atoms with van der Waals surface area (Å²) in [6, 6.07) is 8.85. The average Bonchev–Trinajstić information content (AvgIpc) is 2.77. The van der Waals surface area contributed by atoms with Crippen LogP contribution in [0.5, 0.6) is 0 Å². The van der Waals surface area contributed by atoms with E-state index < -0.39 is 22.0 Å². The van der Waals surface area contributed by atoms with Gasteiger partial charge in [-0.1, -0.05) is 24.3 Å². The molecule has 1 aliphatic rings. The van der Waals surface area contributed by atoms with Gasteiger partial charge in [-0.05, 0) is 29.8 Å². The Bertz CT molecular complexity index is 1040. The van der Waals surface area contributed by atoms with E-state index in [4.69, 9.17) is 5.21 Å². The number of carbonyl (C=O) groups is 1. The van der Waals surface area contributed by atoms with E-state index in [9.17, 15) is 17.6 Å². The van der Waals surface area contributed by atoms with Gasteiger partial charge in [0.05, 0.1) is 17.9 Å². The molecule has 1 saturated heterocycles. The number of hydrogen-bond donors (Lipinski definition) is 3. The summed E-state index contributed by atoms with van der Waals surface area (Å²) in [5.74, 6) is -0.222. The highest BCUT2D eigenvalue weighted by atomic mass is 32.2. The van der Waals surface area contributed by atoms with Crippen molar-refractivity contribution in [3.8, 4) is 0 Å². The Morgan fingerprint density at radius 2 is 1.88 bits per heavy atom. The molecule has 32 heavy (non-hydrogen) atoms. The zero-order valence-corrected chi connectivity index (χ0v) is 18.4. The molecular weight excluding hydrogens is 437 g/mol. The van der Waals surface area contributed by atoms with Gasteiger partial charge in [0.1, 0.15) is 11.6 Å². The smallest absolute Gasteiger partial charge is 0.276 e. The summed E-state index contributed by atoms with van der Waals surface area (Å²) >= 11 is 0. The number of pyridine rings is 1. The van der Waals surface area contributed by atoms with Crippen LogP contribution in [0.4, 0.5) is 10.2 Å². The largest absolute Gasteiger partial charge is 0.354 e. The third kappa shape index (κ3) is 7.09. The highest BCUT2D eigenvalue weighted by Gasteiger charge is 2.21. The summed E-state index contributed by atoms with van der Waals surface area (Å²) in [5.41, 5.74) is 2.61. The van der Waals surface area contributed by atoms with Crippen molar-refractivity contribution in [2.45, 2.75) is 6.04 Å². The molecule has 0 spiro atoms. The number of hydroxylamine groups is 1. The Morgan fingerprint density at radius 1 is 1.19 bits per heavy atom. The lowest BCUT2D eigenvalue weighted by atomic mass is 10.1. The lowest BCUT2D eigenvalue weighted by Crippen LogP contribution is -2.51. The summed E-state index contributed by atoms with van der Waals surface area (Å²) < 4.78 is 39.3. The zero-order chi connectivity index (χ0) is 23.1. The number of piperazine rings is 1. The summed E-state index contributed by atoms with van der Waals surface area (Å²) in [5, 5.41) is 8.69. The number of amides is 1. The SMILES string of the molecule is CS(=O)(=O)NC(/C=C/c1ccc(F)cc1)CN1CCN(c2ccc(C(=O)NO)cn2)CC1. The highest BCUT2D eigenvalue weighted by Crippen LogP contribution is 2.15. The molecule has 0 aliphatic carbocycles. The van der Waals surface area contributed by atoms with E-state index in [1.807, 2.05) is 0 Å². The maximum Gasteiger partial charge on any atom is 0.276 e. The molecule has 3 rings (SSSR count). The van der Waals surface area contributed by atoms with Crippen molar-refractivity contribution in [1.29, 1.82) is 0 Å². The molecule has 1 aliphatic heterocycles. The van der Waals surface area contributed by atoms with Crippen molar-refractivity contribution < 1.29 is 22.8 Å². The van der Waals surface area contributed by atoms with Crippen molar-refractivity contribution in [2.75, 3.05) is 43.9 Å². The number of carbonyl (C=O) groups excluding carboxylic acids is 1. The number of aromatic nitrogens is 1. The number of rotatable bonds is 8. The molecule has 1 aromatic carbocycles. The van der Waals surface area contributed by atoms with Gasteiger partial charge >= 0.3 is 0 Å². The number of benzene rings is 1. The Morgan fingerprint density at radius 3 is 2.44 bits per heavy atom. The minimum absolute atomic E-state index is 0.262. The quantitative estimate of drug-likeness (QED) is 0.397. The van der Waals surface area contributed by atoms with Crippen molar-refractivity contribution in [3.63, 3.8) is 0 Å². The average molecular weight is 464 g/mol. The van der Waals surface area contributed by atoms with Crippen LogP contribution < -0.4 is 15.1 Å². The molecule has 2 heterocycles. The van der Waals surface area contributed by atoms with Gasteiger partial charge in [-0.25, -0.2) is 28.0 Å². The van der Waals surface area contributed by atoms with Crippen LogP contribution in [0, 0.1) is 5.82 Å². The van der Waals surface area contributed by atoms with E-state index >= 15 is 0 Å². The second-order valence-electron chi connectivity index (χ2n) is 7.54. The number of sulfonamides is 1. The number of nitrogens with zero attached hydrogens (tertiary/aromatic N) is 3. The van der Waals surface area contributed by atoms with E-state index in [1.54, 1.807) is 41.9 Å². The van der Waals surface area contributed by atoms with Crippen molar-refractivity contribution in [1.82, 2.24) is 20.1 Å². The molecule has 2 aromatic rings. The number of halogens is 1. The van der Waals surface area contributed by atoms with Crippen molar-refractivity contribution >= 4 is 27.8 Å². The molecule has 1 aromatic heterocycles. The van der Waals surface area contributed by atoms with Crippen molar-refractivity contribution in [3.05, 3.63) is 65.6 Å². The third-order valence-electron chi connectivity index (χ3n) is 5.02. The van der Waals surface area contributed by atoms with Gasteiger partial charge in [-0.3, -0.25) is 14.9 Å². The van der Waals surface area contributed by atoms with Gasteiger partial charge in [0.15, 0.2) is 0 Å². The standard InChI is InChI=1S/C21H26FN5O4S/c1-32(30,31)25-19(8-4-16-2-6-18(22)7-3-16)15-26-10-12-27(13-11-26)20-9-5-17(14-23-20)21(28)24-29/h2-9,14,19,25,29H,10-13,15H2,1H3,(H,24,28)/b8-4+. The van der Waals surface area contributed by atoms with Gasteiger partial charge in [0.2, 0.25) is 10.0 Å². The van der Waals surface area contributed by atoms with Crippen LogP contribution >= 0.6 is 0 Å². The number of anilines is 1. The Kier molecular flexibility index (Phi) is 7.91. The predicted octanol–water partition coefficient (Wildman–Crippen LogP) is 1.09. The fourth-order valence-corrected chi connectivity index (χ4v) is 4.13. The normalized spacial score (nSPS) is 16.3. The molecule has 1 fully saturated rings. The summed E-state index contributed by atoms with van der Waals surface area (Å²) in [7, 11) is -3.41. The first-order valence-electron chi connectivity index (χ1n) is 10.0. The topological polar surface area (TPSA) is 115 Å². The second-order valence-corrected chi connectivity index (χ2v) is 9.32.